The number of alkyl halides is 1. The fourth-order valence-corrected chi connectivity index (χ4v) is 1.58. The van der Waals surface area contributed by atoms with Gasteiger partial charge in [-0.1, -0.05) is 11.6 Å². The molecule has 18 heavy (non-hydrogen) atoms. The summed E-state index contributed by atoms with van der Waals surface area (Å²) in [6.07, 6.45) is -2.35. The first-order chi connectivity index (χ1) is 8.38. The van der Waals surface area contributed by atoms with E-state index < -0.39 is 35.4 Å². The van der Waals surface area contributed by atoms with E-state index in [0.717, 1.165) is 12.1 Å². The van der Waals surface area contributed by atoms with Crippen molar-refractivity contribution in [2.45, 2.75) is 19.1 Å². The zero-order chi connectivity index (χ0) is 13.9. The lowest BCUT2D eigenvalue weighted by atomic mass is 10.0. The number of halogens is 4. The molecule has 0 aliphatic carbocycles. The number of esters is 1. The highest BCUT2D eigenvalue weighted by molar-refractivity contribution is 6.30. The Labute approximate surface area is 107 Å². The first-order valence-electron chi connectivity index (χ1n) is 5.09. The Morgan fingerprint density at radius 3 is 2.39 bits per heavy atom. The SMILES string of the molecule is CCOC(=O)C(F)[C@H](N)c1c(F)cc(Cl)cc1F. The summed E-state index contributed by atoms with van der Waals surface area (Å²) in [6, 6.07) is -0.212. The zero-order valence-electron chi connectivity index (χ0n) is 9.42. The summed E-state index contributed by atoms with van der Waals surface area (Å²) in [5, 5.41) is -0.188. The molecule has 0 aliphatic heterocycles. The van der Waals surface area contributed by atoms with E-state index in [-0.39, 0.29) is 11.6 Å². The van der Waals surface area contributed by atoms with Crippen LogP contribution in [-0.4, -0.2) is 18.7 Å². The maximum Gasteiger partial charge on any atom is 0.342 e. The van der Waals surface area contributed by atoms with Crippen molar-refractivity contribution in [3.05, 3.63) is 34.4 Å². The van der Waals surface area contributed by atoms with Crippen LogP contribution in [0.15, 0.2) is 12.1 Å². The highest BCUT2D eigenvalue weighted by Crippen LogP contribution is 2.26. The van der Waals surface area contributed by atoms with Crippen molar-refractivity contribution < 1.29 is 22.7 Å². The minimum atomic E-state index is -2.35. The lowest BCUT2D eigenvalue weighted by molar-refractivity contribution is -0.150. The van der Waals surface area contributed by atoms with Gasteiger partial charge in [0.1, 0.15) is 11.6 Å². The highest BCUT2D eigenvalue weighted by atomic mass is 35.5. The van der Waals surface area contributed by atoms with Crippen LogP contribution in [0.3, 0.4) is 0 Å². The maximum absolute atomic E-state index is 13.6. The molecule has 0 spiro atoms. The van der Waals surface area contributed by atoms with Gasteiger partial charge in [0.05, 0.1) is 12.6 Å². The van der Waals surface area contributed by atoms with Crippen LogP contribution in [0.5, 0.6) is 0 Å². The van der Waals surface area contributed by atoms with Crippen molar-refractivity contribution >= 4 is 17.6 Å². The van der Waals surface area contributed by atoms with Crippen LogP contribution in [0.1, 0.15) is 18.5 Å². The average Bonchev–Trinajstić information content (AvgIpc) is 2.26. The van der Waals surface area contributed by atoms with Gasteiger partial charge in [-0.05, 0) is 19.1 Å². The molecule has 2 N–H and O–H groups in total. The quantitative estimate of drug-likeness (QED) is 0.863. The number of benzene rings is 1. The molecule has 7 heteroatoms. The smallest absolute Gasteiger partial charge is 0.342 e. The molecule has 0 saturated heterocycles. The number of hydrogen-bond acceptors (Lipinski definition) is 3. The minimum Gasteiger partial charge on any atom is -0.464 e. The number of carbonyl (C=O) groups excluding carboxylic acids is 1. The first-order valence-corrected chi connectivity index (χ1v) is 5.47. The average molecular weight is 282 g/mol. The molecular formula is C11H11ClF3NO2. The summed E-state index contributed by atoms with van der Waals surface area (Å²) in [5.41, 5.74) is 4.59. The fraction of sp³-hybridized carbons (Fsp3) is 0.364. The second-order valence-electron chi connectivity index (χ2n) is 3.46. The van der Waals surface area contributed by atoms with E-state index in [0.29, 0.717) is 0 Å². The molecule has 2 atom stereocenters. The zero-order valence-corrected chi connectivity index (χ0v) is 10.2. The Morgan fingerprint density at radius 2 is 1.94 bits per heavy atom. The van der Waals surface area contributed by atoms with E-state index in [4.69, 9.17) is 17.3 Å². The standard InChI is InChI=1S/C11H11ClF3NO2/c1-2-18-11(17)9(15)10(16)8-6(13)3-5(12)4-7(8)14/h3-4,9-10H,2,16H2,1H3/t9?,10-/m1/s1. The van der Waals surface area contributed by atoms with Gasteiger partial charge in [0, 0.05) is 10.6 Å². The van der Waals surface area contributed by atoms with Gasteiger partial charge in [0.15, 0.2) is 0 Å². The van der Waals surface area contributed by atoms with Crippen molar-refractivity contribution in [3.63, 3.8) is 0 Å². The molecule has 0 amide bonds. The second-order valence-corrected chi connectivity index (χ2v) is 3.90. The second kappa shape index (κ2) is 6.06. The van der Waals surface area contributed by atoms with Gasteiger partial charge in [-0.2, -0.15) is 0 Å². The van der Waals surface area contributed by atoms with E-state index in [1.165, 1.54) is 6.92 Å². The molecule has 100 valence electrons. The van der Waals surface area contributed by atoms with Crippen molar-refractivity contribution in [1.82, 2.24) is 0 Å². The third-order valence-electron chi connectivity index (χ3n) is 2.20. The topological polar surface area (TPSA) is 52.3 Å². The molecule has 0 aliphatic rings. The van der Waals surface area contributed by atoms with E-state index in [1.807, 2.05) is 0 Å². The van der Waals surface area contributed by atoms with Gasteiger partial charge in [-0.3, -0.25) is 0 Å². The van der Waals surface area contributed by atoms with Crippen molar-refractivity contribution in [2.75, 3.05) is 6.61 Å². The Hall–Kier alpha value is -1.27. The van der Waals surface area contributed by atoms with Crippen molar-refractivity contribution in [1.29, 1.82) is 0 Å². The third-order valence-corrected chi connectivity index (χ3v) is 2.42. The molecule has 1 unspecified atom stereocenters. The lowest BCUT2D eigenvalue weighted by Crippen LogP contribution is -2.32. The fourth-order valence-electron chi connectivity index (χ4n) is 1.39. The molecule has 0 radical (unpaired) electrons. The van der Waals surface area contributed by atoms with Gasteiger partial charge in [-0.15, -0.1) is 0 Å². The van der Waals surface area contributed by atoms with Crippen LogP contribution < -0.4 is 5.73 Å². The third kappa shape index (κ3) is 3.14. The van der Waals surface area contributed by atoms with E-state index in [9.17, 15) is 18.0 Å². The molecule has 0 bridgehead atoms. The molecule has 0 heterocycles. The van der Waals surface area contributed by atoms with Gasteiger partial charge in [-0.25, -0.2) is 18.0 Å². The van der Waals surface area contributed by atoms with Crippen LogP contribution in [0.2, 0.25) is 5.02 Å². The summed E-state index contributed by atoms with van der Waals surface area (Å²) in [4.78, 5) is 11.1. The highest BCUT2D eigenvalue weighted by Gasteiger charge is 2.32. The molecular weight excluding hydrogens is 271 g/mol. The summed E-state index contributed by atoms with van der Waals surface area (Å²) < 4.78 is 44.8. The number of nitrogens with two attached hydrogens (primary N) is 1. The summed E-state index contributed by atoms with van der Waals surface area (Å²) in [6.45, 7) is 1.41. The van der Waals surface area contributed by atoms with Gasteiger partial charge < -0.3 is 10.5 Å². The molecule has 0 aromatic heterocycles. The van der Waals surface area contributed by atoms with E-state index in [1.54, 1.807) is 0 Å². The van der Waals surface area contributed by atoms with Gasteiger partial charge in [0.25, 0.3) is 0 Å². The Morgan fingerprint density at radius 1 is 1.44 bits per heavy atom. The first kappa shape index (κ1) is 14.8. The Bertz CT molecular complexity index is 433. The Balaban J connectivity index is 3.03. The predicted molar refractivity (Wildman–Crippen MR) is 59.8 cm³/mol. The molecule has 0 saturated carbocycles. The monoisotopic (exact) mass is 281 g/mol. The lowest BCUT2D eigenvalue weighted by Gasteiger charge is -2.17. The minimum absolute atomic E-state index is 0.0580. The largest absolute Gasteiger partial charge is 0.464 e. The maximum atomic E-state index is 13.6. The number of carbonyl (C=O) groups is 1. The predicted octanol–water partition coefficient (Wildman–Crippen LogP) is 2.52. The van der Waals surface area contributed by atoms with Crippen molar-refractivity contribution in [3.8, 4) is 0 Å². The Kier molecular flexibility index (Phi) is 4.98. The van der Waals surface area contributed by atoms with Crippen LogP contribution in [0.25, 0.3) is 0 Å². The van der Waals surface area contributed by atoms with E-state index >= 15 is 0 Å². The normalized spacial score (nSPS) is 14.1. The molecule has 1 aromatic carbocycles. The summed E-state index contributed by atoms with van der Waals surface area (Å²) >= 11 is 5.41. The van der Waals surface area contributed by atoms with Crippen molar-refractivity contribution in [2.24, 2.45) is 5.73 Å². The van der Waals surface area contributed by atoms with Gasteiger partial charge >= 0.3 is 5.97 Å². The van der Waals surface area contributed by atoms with E-state index in [2.05, 4.69) is 4.74 Å². The number of hydrogen-bond donors (Lipinski definition) is 1. The summed E-state index contributed by atoms with van der Waals surface area (Å²) in [7, 11) is 0. The molecule has 3 nitrogen and oxygen atoms in total. The number of rotatable bonds is 4. The molecule has 1 rings (SSSR count). The van der Waals surface area contributed by atoms with Crippen LogP contribution in [-0.2, 0) is 9.53 Å². The number of ether oxygens (including phenoxy) is 1. The molecule has 0 fully saturated rings. The van der Waals surface area contributed by atoms with Crippen LogP contribution in [0.4, 0.5) is 13.2 Å². The summed E-state index contributed by atoms with van der Waals surface area (Å²) in [5.74, 6) is -3.49. The molecule has 1 aromatic rings. The van der Waals surface area contributed by atoms with Crippen LogP contribution >= 0.6 is 11.6 Å². The van der Waals surface area contributed by atoms with Crippen LogP contribution in [0, 0.1) is 11.6 Å². The van der Waals surface area contributed by atoms with Gasteiger partial charge in [0.2, 0.25) is 6.17 Å².